The molecule has 10 heteroatoms. The Morgan fingerprint density at radius 1 is 1.09 bits per heavy atom. The maximum atomic E-state index is 12.9. The maximum Gasteiger partial charge on any atom is 0.240 e. The highest BCUT2D eigenvalue weighted by atomic mass is 32.2. The van der Waals surface area contributed by atoms with Crippen molar-refractivity contribution in [3.05, 3.63) is 53.1 Å². The summed E-state index contributed by atoms with van der Waals surface area (Å²) in [5.41, 5.74) is 3.18. The fraction of sp³-hybridized carbons (Fsp3) is 0.400. The average Bonchev–Trinajstić information content (AvgIpc) is 3.74. The summed E-state index contributed by atoms with van der Waals surface area (Å²) in [4.78, 5) is 13.6. The van der Waals surface area contributed by atoms with Crippen molar-refractivity contribution >= 4 is 48.0 Å². The van der Waals surface area contributed by atoms with E-state index in [2.05, 4.69) is 25.0 Å². The lowest BCUT2D eigenvalue weighted by molar-refractivity contribution is 0.459. The fourth-order valence-corrected chi connectivity index (χ4v) is 7.27. The van der Waals surface area contributed by atoms with Crippen LogP contribution in [0.1, 0.15) is 37.1 Å². The van der Waals surface area contributed by atoms with E-state index in [1.54, 1.807) is 30.6 Å². The van der Waals surface area contributed by atoms with Gasteiger partial charge in [0.25, 0.3) is 0 Å². The SMILES string of the molecule is O=S(=O)(NCCc1nc(-c2ccncc2)cs1)c1ccc2nc(NCC3(CC4CC4)CC3)sc2c1. The van der Waals surface area contributed by atoms with E-state index in [1.807, 2.05) is 17.5 Å². The van der Waals surface area contributed by atoms with Crippen LogP contribution in [0.25, 0.3) is 21.5 Å². The number of benzene rings is 1. The van der Waals surface area contributed by atoms with Crippen molar-refractivity contribution in [3.8, 4) is 11.3 Å². The third-order valence-electron chi connectivity index (χ3n) is 6.82. The Bertz CT molecular complexity index is 1440. The number of nitrogens with zero attached hydrogens (tertiary/aromatic N) is 3. The zero-order valence-corrected chi connectivity index (χ0v) is 21.7. The molecule has 2 fully saturated rings. The lowest BCUT2D eigenvalue weighted by Gasteiger charge is -2.14. The molecule has 3 aromatic heterocycles. The second kappa shape index (κ2) is 9.24. The van der Waals surface area contributed by atoms with Crippen molar-refractivity contribution in [3.63, 3.8) is 0 Å². The Morgan fingerprint density at radius 2 is 1.91 bits per heavy atom. The Kier molecular flexibility index (Phi) is 6.08. The van der Waals surface area contributed by atoms with Crippen molar-refractivity contribution in [2.24, 2.45) is 11.3 Å². The van der Waals surface area contributed by atoms with Gasteiger partial charge >= 0.3 is 0 Å². The summed E-state index contributed by atoms with van der Waals surface area (Å²) in [7, 11) is -3.61. The van der Waals surface area contributed by atoms with Gasteiger partial charge in [0, 0.05) is 42.8 Å². The second-order valence-corrected chi connectivity index (χ2v) is 13.4. The van der Waals surface area contributed by atoms with Crippen LogP contribution in [0, 0.1) is 11.3 Å². The highest BCUT2D eigenvalue weighted by Gasteiger charge is 2.46. The minimum absolute atomic E-state index is 0.268. The number of thiazole rings is 2. The van der Waals surface area contributed by atoms with Crippen molar-refractivity contribution in [2.45, 2.75) is 43.4 Å². The number of aromatic nitrogens is 3. The molecule has 35 heavy (non-hydrogen) atoms. The van der Waals surface area contributed by atoms with Crippen LogP contribution in [-0.4, -0.2) is 36.5 Å². The van der Waals surface area contributed by atoms with Gasteiger partial charge in [-0.1, -0.05) is 24.2 Å². The normalized spacial score (nSPS) is 17.0. The fourth-order valence-electron chi connectivity index (χ4n) is 4.43. The Hall–Kier alpha value is -2.40. The van der Waals surface area contributed by atoms with E-state index in [9.17, 15) is 8.42 Å². The molecule has 2 N–H and O–H groups in total. The molecule has 6 rings (SSSR count). The molecular formula is C25H27N5O2S3. The zero-order chi connectivity index (χ0) is 23.9. The lowest BCUT2D eigenvalue weighted by Crippen LogP contribution is -2.25. The summed E-state index contributed by atoms with van der Waals surface area (Å²) >= 11 is 3.06. The molecule has 2 aliphatic carbocycles. The van der Waals surface area contributed by atoms with Gasteiger partial charge < -0.3 is 5.32 Å². The van der Waals surface area contributed by atoms with Crippen molar-refractivity contribution in [1.82, 2.24) is 19.7 Å². The van der Waals surface area contributed by atoms with Crippen LogP contribution in [0.15, 0.2) is 53.0 Å². The molecule has 182 valence electrons. The van der Waals surface area contributed by atoms with Crippen molar-refractivity contribution in [2.75, 3.05) is 18.4 Å². The van der Waals surface area contributed by atoms with E-state index in [-0.39, 0.29) is 4.90 Å². The molecule has 0 atom stereocenters. The van der Waals surface area contributed by atoms with Gasteiger partial charge in [-0.2, -0.15) is 0 Å². The van der Waals surface area contributed by atoms with Gasteiger partial charge in [-0.25, -0.2) is 23.1 Å². The third-order valence-corrected chi connectivity index (χ3v) is 10.2. The van der Waals surface area contributed by atoms with E-state index in [4.69, 9.17) is 0 Å². The highest BCUT2D eigenvalue weighted by molar-refractivity contribution is 7.89. The first-order valence-electron chi connectivity index (χ1n) is 12.0. The minimum Gasteiger partial charge on any atom is -0.361 e. The van der Waals surface area contributed by atoms with Gasteiger partial charge in [-0.05, 0) is 60.9 Å². The number of hydrogen-bond donors (Lipinski definition) is 2. The molecule has 2 aliphatic rings. The molecule has 1 aromatic carbocycles. The standard InChI is InChI=1S/C25H27N5O2S3/c31-35(32,28-12-7-23-29-21(15-33-23)18-5-10-26-11-6-18)19-3-4-20-22(13-19)34-24(30-20)27-16-25(8-9-25)14-17-1-2-17/h3-6,10-11,13,15,17,28H,1-2,7-9,12,14,16H2,(H,27,30). The maximum absolute atomic E-state index is 12.9. The smallest absolute Gasteiger partial charge is 0.240 e. The summed E-state index contributed by atoms with van der Waals surface area (Å²) in [6, 6.07) is 8.98. The van der Waals surface area contributed by atoms with Gasteiger partial charge in [-0.15, -0.1) is 11.3 Å². The molecule has 4 aromatic rings. The largest absolute Gasteiger partial charge is 0.361 e. The molecule has 2 saturated carbocycles. The zero-order valence-electron chi connectivity index (χ0n) is 19.2. The first-order chi connectivity index (χ1) is 17.0. The minimum atomic E-state index is -3.61. The summed E-state index contributed by atoms with van der Waals surface area (Å²) in [5.74, 6) is 0.939. The Morgan fingerprint density at radius 3 is 2.69 bits per heavy atom. The number of rotatable bonds is 11. The molecule has 0 radical (unpaired) electrons. The summed E-state index contributed by atoms with van der Waals surface area (Å²) in [5, 5.41) is 7.28. The number of pyridine rings is 1. The van der Waals surface area contributed by atoms with E-state index in [0.29, 0.717) is 18.4 Å². The van der Waals surface area contributed by atoms with E-state index < -0.39 is 10.0 Å². The van der Waals surface area contributed by atoms with Crippen LogP contribution in [-0.2, 0) is 16.4 Å². The van der Waals surface area contributed by atoms with E-state index in [0.717, 1.165) is 44.1 Å². The topological polar surface area (TPSA) is 96.9 Å². The van der Waals surface area contributed by atoms with Crippen molar-refractivity contribution < 1.29 is 8.42 Å². The number of sulfonamides is 1. The summed E-state index contributed by atoms with van der Waals surface area (Å²) < 4.78 is 29.4. The van der Waals surface area contributed by atoms with Gasteiger partial charge in [0.2, 0.25) is 10.0 Å². The van der Waals surface area contributed by atoms with E-state index in [1.165, 1.54) is 54.8 Å². The van der Waals surface area contributed by atoms with Gasteiger partial charge in [-0.3, -0.25) is 4.98 Å². The van der Waals surface area contributed by atoms with Crippen molar-refractivity contribution in [1.29, 1.82) is 0 Å². The molecule has 0 bridgehead atoms. The number of fused-ring (bicyclic) bond motifs is 1. The quantitative estimate of drug-likeness (QED) is 0.275. The number of nitrogens with one attached hydrogen (secondary N) is 2. The molecule has 0 saturated heterocycles. The molecule has 0 amide bonds. The molecule has 0 unspecified atom stereocenters. The Labute approximate surface area is 213 Å². The predicted molar refractivity (Wildman–Crippen MR) is 141 cm³/mol. The molecule has 0 aliphatic heterocycles. The van der Waals surface area contributed by atoms with Crippen LogP contribution >= 0.6 is 22.7 Å². The van der Waals surface area contributed by atoms with Crippen LogP contribution in [0.4, 0.5) is 5.13 Å². The van der Waals surface area contributed by atoms with Crippen LogP contribution in [0.2, 0.25) is 0 Å². The third kappa shape index (κ3) is 5.40. The molecule has 7 nitrogen and oxygen atoms in total. The molecular weight excluding hydrogens is 499 g/mol. The first kappa shape index (κ1) is 23.0. The second-order valence-electron chi connectivity index (χ2n) is 9.66. The summed E-state index contributed by atoms with van der Waals surface area (Å²) in [6.07, 6.45) is 10.7. The average molecular weight is 526 g/mol. The van der Waals surface area contributed by atoms with Gasteiger partial charge in [0.15, 0.2) is 5.13 Å². The number of anilines is 1. The lowest BCUT2D eigenvalue weighted by atomic mass is 9.99. The summed E-state index contributed by atoms with van der Waals surface area (Å²) in [6.45, 7) is 1.26. The Balaban J connectivity index is 1.07. The van der Waals surface area contributed by atoms with Crippen LogP contribution in [0.5, 0.6) is 0 Å². The molecule has 3 heterocycles. The first-order valence-corrected chi connectivity index (χ1v) is 15.2. The predicted octanol–water partition coefficient (Wildman–Crippen LogP) is 5.33. The monoisotopic (exact) mass is 525 g/mol. The number of hydrogen-bond acceptors (Lipinski definition) is 8. The van der Waals surface area contributed by atoms with Crippen LogP contribution in [0.3, 0.4) is 0 Å². The molecule has 0 spiro atoms. The van der Waals surface area contributed by atoms with Crippen LogP contribution < -0.4 is 10.0 Å². The van der Waals surface area contributed by atoms with E-state index >= 15 is 0 Å². The highest BCUT2D eigenvalue weighted by Crippen LogP contribution is 2.55. The van der Waals surface area contributed by atoms with Gasteiger partial charge in [0.1, 0.15) is 0 Å². The van der Waals surface area contributed by atoms with Gasteiger partial charge in [0.05, 0.1) is 25.8 Å².